The van der Waals surface area contributed by atoms with Crippen LogP contribution in [0.1, 0.15) is 45.7 Å². The lowest BCUT2D eigenvalue weighted by Crippen LogP contribution is -2.57. The number of hydrogen-bond donors (Lipinski definition) is 3. The monoisotopic (exact) mass is 587 g/mol. The molecule has 0 spiro atoms. The zero-order chi connectivity index (χ0) is 31.1. The van der Waals surface area contributed by atoms with E-state index < -0.39 is 34.9 Å². The first-order valence-electron chi connectivity index (χ1n) is 14.4. The molecule has 226 valence electrons. The lowest BCUT2D eigenvalue weighted by molar-refractivity contribution is -0.148. The number of aromatic nitrogens is 3. The number of ether oxygens (including phenoxy) is 1. The fraction of sp³-hybridized carbons (Fsp3) is 0.394. The predicted molar refractivity (Wildman–Crippen MR) is 162 cm³/mol. The van der Waals surface area contributed by atoms with Crippen molar-refractivity contribution in [3.05, 3.63) is 72.1 Å². The molecule has 1 unspecified atom stereocenters. The Morgan fingerprint density at radius 1 is 1.14 bits per heavy atom. The highest BCUT2D eigenvalue weighted by Gasteiger charge is 2.49. The second-order valence-electron chi connectivity index (χ2n) is 12.5. The Bertz CT molecular complexity index is 1630. The Hall–Kier alpha value is -4.31. The third kappa shape index (κ3) is 5.84. The van der Waals surface area contributed by atoms with Crippen LogP contribution in [0.2, 0.25) is 0 Å². The van der Waals surface area contributed by atoms with Crippen LogP contribution in [-0.4, -0.2) is 62.2 Å². The number of carbonyl (C=O) groups is 2. The van der Waals surface area contributed by atoms with E-state index in [-0.39, 0.29) is 31.1 Å². The maximum Gasteiger partial charge on any atom is 0.408 e. The molecule has 4 aromatic rings. The topological polar surface area (TPSA) is 120 Å². The first-order valence-corrected chi connectivity index (χ1v) is 14.4. The van der Waals surface area contributed by atoms with Crippen LogP contribution in [0.5, 0.6) is 0 Å². The number of piperidine rings is 1. The first-order chi connectivity index (χ1) is 20.3. The molecule has 1 aliphatic rings. The quantitative estimate of drug-likeness (QED) is 0.281. The largest absolute Gasteiger partial charge is 0.444 e. The normalized spacial score (nSPS) is 20.7. The van der Waals surface area contributed by atoms with E-state index in [4.69, 9.17) is 4.74 Å². The number of H-pyrrole nitrogens is 1. The minimum absolute atomic E-state index is 0.207. The molecule has 9 nitrogen and oxygen atoms in total. The second kappa shape index (κ2) is 11.4. The Labute approximate surface area is 250 Å². The van der Waals surface area contributed by atoms with Crippen LogP contribution in [0.4, 0.5) is 9.18 Å². The number of nitrogens with one attached hydrogen (secondary N) is 2. The van der Waals surface area contributed by atoms with Gasteiger partial charge in [-0.1, -0.05) is 26.0 Å². The molecular formula is C33H38FN5O4. The number of nitrogens with zero attached hydrogens (tertiary/aromatic N) is 3. The van der Waals surface area contributed by atoms with Crippen LogP contribution in [0.15, 0.2) is 55.1 Å². The molecule has 0 saturated carbocycles. The number of alkyl carbamates (subject to hydrolysis) is 1. The molecule has 5 rings (SSSR count). The first kappa shape index (κ1) is 30.2. The number of rotatable bonds is 5. The highest BCUT2D eigenvalue weighted by Crippen LogP contribution is 2.45. The smallest absolute Gasteiger partial charge is 0.408 e. The number of hydrogen-bond acceptors (Lipinski definition) is 6. The van der Waals surface area contributed by atoms with Gasteiger partial charge in [0.2, 0.25) is 5.91 Å². The number of pyridine rings is 2. The Kier molecular flexibility index (Phi) is 8.00. The van der Waals surface area contributed by atoms with Crippen molar-refractivity contribution in [1.29, 1.82) is 0 Å². The van der Waals surface area contributed by atoms with E-state index in [1.54, 1.807) is 51.2 Å². The average molecular weight is 588 g/mol. The third-order valence-corrected chi connectivity index (χ3v) is 8.17. The maximum absolute atomic E-state index is 16.2. The van der Waals surface area contributed by atoms with Crippen molar-refractivity contribution in [3.63, 3.8) is 0 Å². The van der Waals surface area contributed by atoms with Gasteiger partial charge in [-0.05, 0) is 62.6 Å². The van der Waals surface area contributed by atoms with Gasteiger partial charge >= 0.3 is 6.09 Å². The summed E-state index contributed by atoms with van der Waals surface area (Å²) in [5.41, 5.74) is 2.65. The van der Waals surface area contributed by atoms with E-state index in [1.165, 1.54) is 6.07 Å². The lowest BCUT2D eigenvalue weighted by atomic mass is 9.69. The van der Waals surface area contributed by atoms with Crippen LogP contribution in [0.25, 0.3) is 33.3 Å². The summed E-state index contributed by atoms with van der Waals surface area (Å²) in [6.07, 6.45) is 6.37. The maximum atomic E-state index is 16.2. The summed E-state index contributed by atoms with van der Waals surface area (Å²) in [6, 6.07) is 9.05. The molecule has 1 fully saturated rings. The molecule has 3 aromatic heterocycles. The average Bonchev–Trinajstić information content (AvgIpc) is 3.38. The molecular weight excluding hydrogens is 549 g/mol. The summed E-state index contributed by atoms with van der Waals surface area (Å²) in [5, 5.41) is 15.4. The molecule has 1 aromatic carbocycles. The van der Waals surface area contributed by atoms with Gasteiger partial charge in [0.05, 0.1) is 0 Å². The van der Waals surface area contributed by atoms with E-state index in [0.29, 0.717) is 16.8 Å². The molecule has 0 radical (unpaired) electrons. The summed E-state index contributed by atoms with van der Waals surface area (Å²) in [4.78, 5) is 38.5. The van der Waals surface area contributed by atoms with Gasteiger partial charge < -0.3 is 25.0 Å². The minimum atomic E-state index is -1.51. The molecule has 1 saturated heterocycles. The number of benzene rings is 1. The van der Waals surface area contributed by atoms with E-state index in [2.05, 4.69) is 20.3 Å². The van der Waals surface area contributed by atoms with E-state index >= 15 is 4.39 Å². The third-order valence-electron chi connectivity index (χ3n) is 8.17. The van der Waals surface area contributed by atoms with Crippen molar-refractivity contribution in [1.82, 2.24) is 25.2 Å². The fourth-order valence-electron chi connectivity index (χ4n) is 6.22. The standard InChI is InChI=1S/C33H38FN5O4/c1-19-12-23(24-9-11-36-30-28(24)25(15-37-30)22-8-7-10-35-14-22)13-26(34)29(19)33(42)20(2)17-39(18-21(33)3)27(40)16-38-31(41)43-32(4,5)6/h7-15,20-21,42H,16-18H2,1-6H3,(H,36,37)(H,38,41)/t20-,21+,33?. The number of aromatic amines is 1. The highest BCUT2D eigenvalue weighted by molar-refractivity contribution is 6.04. The fourth-order valence-corrected chi connectivity index (χ4v) is 6.22. The molecule has 10 heteroatoms. The number of aryl methyl sites for hydroxylation is 1. The SMILES string of the molecule is Cc1cc(-c2ccnc3[nH]cc(-c4cccnc4)c23)cc(F)c1C1(O)[C@H](C)CN(C(=O)CNC(=O)OC(C)(C)C)C[C@@H]1C. The van der Waals surface area contributed by atoms with Crippen molar-refractivity contribution in [2.45, 2.75) is 52.7 Å². The van der Waals surface area contributed by atoms with Gasteiger partial charge in [-0.3, -0.25) is 9.78 Å². The molecule has 3 N–H and O–H groups in total. The highest BCUT2D eigenvalue weighted by atomic mass is 19.1. The molecule has 2 amide bonds. The van der Waals surface area contributed by atoms with Gasteiger partial charge in [0.1, 0.15) is 29.2 Å². The van der Waals surface area contributed by atoms with Crippen molar-refractivity contribution >= 4 is 23.0 Å². The molecule has 0 aliphatic carbocycles. The van der Waals surface area contributed by atoms with Crippen LogP contribution in [0.3, 0.4) is 0 Å². The van der Waals surface area contributed by atoms with Crippen molar-refractivity contribution in [2.24, 2.45) is 11.8 Å². The molecule has 1 aliphatic heterocycles. The van der Waals surface area contributed by atoms with E-state index in [0.717, 1.165) is 22.1 Å². The molecule has 3 atom stereocenters. The molecule has 0 bridgehead atoms. The Morgan fingerprint density at radius 2 is 1.86 bits per heavy atom. The van der Waals surface area contributed by atoms with E-state index in [1.807, 2.05) is 44.3 Å². The number of carbonyl (C=O) groups excluding carboxylic acids is 2. The summed E-state index contributed by atoms with van der Waals surface area (Å²) in [6.45, 7) is 10.9. The summed E-state index contributed by atoms with van der Waals surface area (Å²) in [7, 11) is 0. The van der Waals surface area contributed by atoms with Crippen LogP contribution in [0, 0.1) is 24.6 Å². The lowest BCUT2D eigenvalue weighted by Gasteiger charge is -2.48. The van der Waals surface area contributed by atoms with Crippen molar-refractivity contribution < 1.29 is 23.8 Å². The summed E-state index contributed by atoms with van der Waals surface area (Å²) in [5.74, 6) is -1.76. The van der Waals surface area contributed by atoms with Gasteiger partial charge in [-0.15, -0.1) is 0 Å². The molecule has 43 heavy (non-hydrogen) atoms. The summed E-state index contributed by atoms with van der Waals surface area (Å²) >= 11 is 0. The van der Waals surface area contributed by atoms with Gasteiger partial charge in [0, 0.05) is 71.8 Å². The van der Waals surface area contributed by atoms with Crippen LogP contribution < -0.4 is 5.32 Å². The predicted octanol–water partition coefficient (Wildman–Crippen LogP) is 5.57. The zero-order valence-corrected chi connectivity index (χ0v) is 25.4. The summed E-state index contributed by atoms with van der Waals surface area (Å²) < 4.78 is 21.4. The van der Waals surface area contributed by atoms with Crippen molar-refractivity contribution in [3.8, 4) is 22.3 Å². The van der Waals surface area contributed by atoms with Gasteiger partial charge in [-0.2, -0.15) is 0 Å². The minimum Gasteiger partial charge on any atom is -0.444 e. The van der Waals surface area contributed by atoms with Gasteiger partial charge in [-0.25, -0.2) is 14.2 Å². The van der Waals surface area contributed by atoms with Crippen molar-refractivity contribution in [2.75, 3.05) is 19.6 Å². The second-order valence-corrected chi connectivity index (χ2v) is 12.5. The molecule has 4 heterocycles. The number of halogens is 1. The van der Waals surface area contributed by atoms with Crippen LogP contribution in [-0.2, 0) is 15.1 Å². The number of fused-ring (bicyclic) bond motifs is 1. The van der Waals surface area contributed by atoms with Gasteiger partial charge in [0.25, 0.3) is 0 Å². The number of aliphatic hydroxyl groups is 1. The zero-order valence-electron chi connectivity index (χ0n) is 25.4. The Balaban J connectivity index is 1.42. The Morgan fingerprint density at radius 3 is 2.49 bits per heavy atom. The van der Waals surface area contributed by atoms with E-state index in [9.17, 15) is 14.7 Å². The number of likely N-dealkylation sites (tertiary alicyclic amines) is 1. The van der Waals surface area contributed by atoms with Gasteiger partial charge in [0.15, 0.2) is 0 Å². The number of amides is 2. The van der Waals surface area contributed by atoms with Crippen LogP contribution >= 0.6 is 0 Å².